The molecule has 0 saturated carbocycles. The van der Waals surface area contributed by atoms with E-state index < -0.39 is 10.0 Å². The predicted molar refractivity (Wildman–Crippen MR) is 107 cm³/mol. The summed E-state index contributed by atoms with van der Waals surface area (Å²) < 4.78 is 28.0. The van der Waals surface area contributed by atoms with Crippen molar-refractivity contribution in [1.29, 1.82) is 0 Å². The number of aryl methyl sites for hydroxylation is 1. The Balaban J connectivity index is 1.75. The SMILES string of the molecule is CCc1ccccc1NS(=O)(=O)c1ccc(C(=O)N2CCC(C)CC2)cc1. The molecule has 0 unspecified atom stereocenters. The molecule has 2 aromatic rings. The number of carbonyl (C=O) groups is 1. The molecule has 1 aliphatic rings. The summed E-state index contributed by atoms with van der Waals surface area (Å²) in [5.41, 5.74) is 2.05. The number of hydrogen-bond donors (Lipinski definition) is 1. The molecule has 0 spiro atoms. The number of nitrogens with zero attached hydrogens (tertiary/aromatic N) is 1. The zero-order valence-electron chi connectivity index (χ0n) is 15.8. The lowest BCUT2D eigenvalue weighted by Crippen LogP contribution is -2.37. The highest BCUT2D eigenvalue weighted by Gasteiger charge is 2.22. The normalized spacial score (nSPS) is 15.6. The van der Waals surface area contributed by atoms with Crippen molar-refractivity contribution in [3.05, 3.63) is 59.7 Å². The molecule has 0 bridgehead atoms. The van der Waals surface area contributed by atoms with Gasteiger partial charge in [-0.15, -0.1) is 0 Å². The quantitative estimate of drug-likeness (QED) is 0.847. The minimum absolute atomic E-state index is 0.0323. The number of piperidine rings is 1. The molecule has 1 fully saturated rings. The number of hydrogen-bond acceptors (Lipinski definition) is 3. The molecule has 1 N–H and O–H groups in total. The van der Waals surface area contributed by atoms with Crippen LogP contribution in [-0.4, -0.2) is 32.3 Å². The summed E-state index contributed by atoms with van der Waals surface area (Å²) in [5.74, 6) is 0.619. The smallest absolute Gasteiger partial charge is 0.261 e. The first-order chi connectivity index (χ1) is 12.9. The number of likely N-dealkylation sites (tertiary alicyclic amines) is 1. The van der Waals surface area contributed by atoms with Gasteiger partial charge in [-0.25, -0.2) is 8.42 Å². The molecule has 1 heterocycles. The van der Waals surface area contributed by atoms with E-state index in [0.29, 0.717) is 17.2 Å². The second-order valence-corrected chi connectivity index (χ2v) is 8.80. The fraction of sp³-hybridized carbons (Fsp3) is 0.381. The van der Waals surface area contributed by atoms with Crippen LogP contribution in [0, 0.1) is 5.92 Å². The summed E-state index contributed by atoms with van der Waals surface area (Å²) in [6, 6.07) is 13.5. The van der Waals surface area contributed by atoms with Crippen molar-refractivity contribution >= 4 is 21.6 Å². The van der Waals surface area contributed by atoms with Crippen molar-refractivity contribution in [3.63, 3.8) is 0 Å². The van der Waals surface area contributed by atoms with E-state index in [1.165, 1.54) is 12.1 Å². The molecule has 6 heteroatoms. The lowest BCUT2D eigenvalue weighted by atomic mass is 9.98. The Hall–Kier alpha value is -2.34. The van der Waals surface area contributed by atoms with Gasteiger partial charge in [0.05, 0.1) is 10.6 Å². The highest BCUT2D eigenvalue weighted by Crippen LogP contribution is 2.22. The lowest BCUT2D eigenvalue weighted by Gasteiger charge is -2.30. The molecule has 0 aliphatic carbocycles. The Bertz CT molecular complexity index is 899. The first kappa shape index (κ1) is 19.4. The molecule has 1 saturated heterocycles. The van der Waals surface area contributed by atoms with E-state index in [-0.39, 0.29) is 10.8 Å². The molecule has 5 nitrogen and oxygen atoms in total. The first-order valence-corrected chi connectivity index (χ1v) is 10.9. The van der Waals surface area contributed by atoms with Crippen molar-refractivity contribution in [3.8, 4) is 0 Å². The van der Waals surface area contributed by atoms with Crippen molar-refractivity contribution in [2.45, 2.75) is 38.0 Å². The molecule has 0 atom stereocenters. The van der Waals surface area contributed by atoms with Crippen LogP contribution in [0.2, 0.25) is 0 Å². The van der Waals surface area contributed by atoms with Gasteiger partial charge < -0.3 is 4.90 Å². The Morgan fingerprint density at radius 3 is 2.33 bits per heavy atom. The molecule has 144 valence electrons. The van der Waals surface area contributed by atoms with Gasteiger partial charge in [-0.05, 0) is 61.1 Å². The molecule has 27 heavy (non-hydrogen) atoms. The van der Waals surface area contributed by atoms with Crippen LogP contribution in [0.25, 0.3) is 0 Å². The molecule has 2 aromatic carbocycles. The van der Waals surface area contributed by atoms with E-state index >= 15 is 0 Å². The number of nitrogens with one attached hydrogen (secondary N) is 1. The fourth-order valence-corrected chi connectivity index (χ4v) is 4.40. The van der Waals surface area contributed by atoms with Crippen molar-refractivity contribution in [1.82, 2.24) is 4.90 Å². The van der Waals surface area contributed by atoms with Crippen LogP contribution in [0.15, 0.2) is 53.4 Å². The van der Waals surface area contributed by atoms with Gasteiger partial charge in [0.15, 0.2) is 0 Å². The largest absolute Gasteiger partial charge is 0.339 e. The monoisotopic (exact) mass is 386 g/mol. The number of carbonyl (C=O) groups excluding carboxylic acids is 1. The highest BCUT2D eigenvalue weighted by molar-refractivity contribution is 7.92. The predicted octanol–water partition coefficient (Wildman–Crippen LogP) is 3.92. The number of amides is 1. The maximum Gasteiger partial charge on any atom is 0.261 e. The van der Waals surface area contributed by atoms with Crippen LogP contribution in [0.4, 0.5) is 5.69 Å². The minimum Gasteiger partial charge on any atom is -0.339 e. The van der Waals surface area contributed by atoms with Crippen molar-refractivity contribution in [2.24, 2.45) is 5.92 Å². The van der Waals surface area contributed by atoms with Crippen LogP contribution in [-0.2, 0) is 16.4 Å². The van der Waals surface area contributed by atoms with E-state index in [1.54, 1.807) is 24.3 Å². The highest BCUT2D eigenvalue weighted by atomic mass is 32.2. The number of rotatable bonds is 5. The summed E-state index contributed by atoms with van der Waals surface area (Å²) in [5, 5.41) is 0. The average molecular weight is 387 g/mol. The Kier molecular flexibility index (Phi) is 5.85. The number of anilines is 1. The number of sulfonamides is 1. The summed E-state index contributed by atoms with van der Waals surface area (Å²) >= 11 is 0. The molecule has 1 aliphatic heterocycles. The zero-order chi connectivity index (χ0) is 19.4. The second-order valence-electron chi connectivity index (χ2n) is 7.12. The summed E-state index contributed by atoms with van der Waals surface area (Å²) in [4.78, 5) is 14.6. The van der Waals surface area contributed by atoms with E-state index in [1.807, 2.05) is 24.0 Å². The van der Waals surface area contributed by atoms with Gasteiger partial charge in [0.25, 0.3) is 15.9 Å². The van der Waals surface area contributed by atoms with Crippen LogP contribution in [0.3, 0.4) is 0 Å². The van der Waals surface area contributed by atoms with E-state index in [9.17, 15) is 13.2 Å². The molecular formula is C21H26N2O3S. The summed E-state index contributed by atoms with van der Waals surface area (Å²) in [6.07, 6.45) is 2.76. The zero-order valence-corrected chi connectivity index (χ0v) is 16.6. The van der Waals surface area contributed by atoms with Gasteiger partial charge in [-0.1, -0.05) is 32.0 Å². The molecule has 3 rings (SSSR count). The number of para-hydroxylation sites is 1. The minimum atomic E-state index is -3.70. The lowest BCUT2D eigenvalue weighted by molar-refractivity contribution is 0.0697. The fourth-order valence-electron chi connectivity index (χ4n) is 3.30. The Labute approximate surface area is 161 Å². The Morgan fingerprint density at radius 2 is 1.70 bits per heavy atom. The maximum atomic E-state index is 12.7. The van der Waals surface area contributed by atoms with Crippen LogP contribution >= 0.6 is 0 Å². The van der Waals surface area contributed by atoms with Crippen LogP contribution in [0.1, 0.15) is 42.6 Å². The van der Waals surface area contributed by atoms with E-state index in [2.05, 4.69) is 11.6 Å². The standard InChI is InChI=1S/C21H26N2O3S/c1-3-17-6-4-5-7-20(17)22-27(25,26)19-10-8-18(9-11-19)21(24)23-14-12-16(2)13-15-23/h4-11,16,22H,3,12-15H2,1-2H3. The third kappa shape index (κ3) is 4.50. The summed E-state index contributed by atoms with van der Waals surface area (Å²) in [6.45, 7) is 5.70. The molecule has 1 amide bonds. The van der Waals surface area contributed by atoms with Crippen molar-refractivity contribution < 1.29 is 13.2 Å². The summed E-state index contributed by atoms with van der Waals surface area (Å²) in [7, 11) is -3.70. The van der Waals surface area contributed by atoms with Gasteiger partial charge in [-0.2, -0.15) is 0 Å². The molecule has 0 aromatic heterocycles. The second kappa shape index (κ2) is 8.13. The Morgan fingerprint density at radius 1 is 1.07 bits per heavy atom. The maximum absolute atomic E-state index is 12.7. The van der Waals surface area contributed by atoms with E-state index in [4.69, 9.17) is 0 Å². The first-order valence-electron chi connectivity index (χ1n) is 9.40. The van der Waals surface area contributed by atoms with Crippen LogP contribution in [0.5, 0.6) is 0 Å². The van der Waals surface area contributed by atoms with Gasteiger partial charge in [-0.3, -0.25) is 9.52 Å². The van der Waals surface area contributed by atoms with Gasteiger partial charge in [0.1, 0.15) is 0 Å². The topological polar surface area (TPSA) is 66.5 Å². The third-order valence-corrected chi connectivity index (χ3v) is 6.51. The van der Waals surface area contributed by atoms with Gasteiger partial charge in [0.2, 0.25) is 0 Å². The van der Waals surface area contributed by atoms with Crippen molar-refractivity contribution in [2.75, 3.05) is 17.8 Å². The van der Waals surface area contributed by atoms with Crippen LogP contribution < -0.4 is 4.72 Å². The van der Waals surface area contributed by atoms with Gasteiger partial charge >= 0.3 is 0 Å². The average Bonchev–Trinajstić information content (AvgIpc) is 2.68. The van der Waals surface area contributed by atoms with Gasteiger partial charge in [0, 0.05) is 18.7 Å². The molecular weight excluding hydrogens is 360 g/mol. The molecule has 0 radical (unpaired) electrons. The third-order valence-electron chi connectivity index (χ3n) is 5.13. The number of benzene rings is 2. The van der Waals surface area contributed by atoms with E-state index in [0.717, 1.165) is 37.9 Å².